The van der Waals surface area contributed by atoms with Gasteiger partial charge in [-0.15, -0.1) is 0 Å². The fraction of sp³-hybridized carbons (Fsp3) is 0.875. The van der Waals surface area contributed by atoms with Crippen LogP contribution in [0.3, 0.4) is 0 Å². The summed E-state index contributed by atoms with van der Waals surface area (Å²) in [6.45, 7) is 2.58. The van der Waals surface area contributed by atoms with Crippen LogP contribution in [0.5, 0.6) is 0 Å². The Morgan fingerprint density at radius 2 is 2.08 bits per heavy atom. The van der Waals surface area contributed by atoms with Crippen molar-refractivity contribution in [2.24, 2.45) is 11.5 Å². The van der Waals surface area contributed by atoms with E-state index in [-0.39, 0.29) is 11.9 Å². The lowest BCUT2D eigenvalue weighted by atomic mass is 10.1. The molecule has 4 N–H and O–H groups in total. The predicted octanol–water partition coefficient (Wildman–Crippen LogP) is -0.762. The molecule has 0 aromatic heterocycles. The van der Waals surface area contributed by atoms with Gasteiger partial charge in [-0.05, 0) is 0 Å². The van der Waals surface area contributed by atoms with Gasteiger partial charge >= 0.3 is 0 Å². The van der Waals surface area contributed by atoms with Crippen molar-refractivity contribution < 1.29 is 4.79 Å². The average Bonchev–Trinajstić information content (AvgIpc) is 2.15. The lowest BCUT2D eigenvalue weighted by Crippen LogP contribution is -2.46. The van der Waals surface area contributed by atoms with E-state index in [0.29, 0.717) is 13.0 Å². The first-order chi connectivity index (χ1) is 6.24. The highest BCUT2D eigenvalue weighted by Crippen LogP contribution is 2.13. The van der Waals surface area contributed by atoms with Gasteiger partial charge in [0.15, 0.2) is 0 Å². The third-order valence-electron chi connectivity index (χ3n) is 2.27. The molecule has 5 heteroatoms. The maximum absolute atomic E-state index is 10.7. The van der Waals surface area contributed by atoms with E-state index in [1.54, 1.807) is 0 Å². The van der Waals surface area contributed by atoms with E-state index >= 15 is 0 Å². The molecule has 76 valence electrons. The molecule has 1 rings (SSSR count). The number of amides is 1. The number of carbonyl (C=O) groups is 1. The molecule has 1 saturated heterocycles. The minimum Gasteiger partial charge on any atom is -0.370 e. The minimum absolute atomic E-state index is 0.151. The number of nitrogens with zero attached hydrogens (tertiary/aromatic N) is 1. The smallest absolute Gasteiger partial charge is 0.219 e. The molecule has 0 saturated carbocycles. The van der Waals surface area contributed by atoms with Crippen molar-refractivity contribution in [2.75, 3.05) is 31.1 Å². The second kappa shape index (κ2) is 5.47. The lowest BCUT2D eigenvalue weighted by Gasteiger charge is -2.32. The molecule has 13 heavy (non-hydrogen) atoms. The highest BCUT2D eigenvalue weighted by Gasteiger charge is 2.20. The molecule has 1 aliphatic rings. The number of hydrogen-bond donors (Lipinski definition) is 2. The Hall–Kier alpha value is -0.260. The van der Waals surface area contributed by atoms with Crippen LogP contribution in [-0.4, -0.2) is 48.0 Å². The number of hydrogen-bond acceptors (Lipinski definition) is 4. The van der Waals surface area contributed by atoms with Crippen LogP contribution in [0.25, 0.3) is 0 Å². The van der Waals surface area contributed by atoms with Crippen molar-refractivity contribution in [3.8, 4) is 0 Å². The van der Waals surface area contributed by atoms with Gasteiger partial charge < -0.3 is 11.5 Å². The number of carbonyl (C=O) groups excluding carboxylic acids is 1. The summed E-state index contributed by atoms with van der Waals surface area (Å²) < 4.78 is 0. The monoisotopic (exact) mass is 203 g/mol. The Morgan fingerprint density at radius 1 is 1.46 bits per heavy atom. The molecular formula is C8H17N3OS. The molecular weight excluding hydrogens is 186 g/mol. The Balaban J connectivity index is 2.39. The molecule has 0 spiro atoms. The topological polar surface area (TPSA) is 72.3 Å². The molecule has 0 aromatic rings. The van der Waals surface area contributed by atoms with E-state index in [2.05, 4.69) is 4.90 Å². The van der Waals surface area contributed by atoms with Crippen LogP contribution in [-0.2, 0) is 4.79 Å². The van der Waals surface area contributed by atoms with Gasteiger partial charge in [0.1, 0.15) is 0 Å². The van der Waals surface area contributed by atoms with Crippen LogP contribution in [0, 0.1) is 0 Å². The van der Waals surface area contributed by atoms with E-state index in [4.69, 9.17) is 11.5 Å². The van der Waals surface area contributed by atoms with Crippen molar-refractivity contribution in [2.45, 2.75) is 12.5 Å². The van der Waals surface area contributed by atoms with E-state index in [1.807, 2.05) is 11.8 Å². The van der Waals surface area contributed by atoms with Gasteiger partial charge in [0.2, 0.25) is 5.91 Å². The van der Waals surface area contributed by atoms with E-state index in [9.17, 15) is 4.79 Å². The van der Waals surface area contributed by atoms with Crippen LogP contribution in [0.2, 0.25) is 0 Å². The Labute approximate surface area is 83.0 Å². The highest BCUT2D eigenvalue weighted by molar-refractivity contribution is 7.99. The van der Waals surface area contributed by atoms with Gasteiger partial charge in [0.05, 0.1) is 0 Å². The number of primary amides is 1. The molecule has 1 unspecified atom stereocenters. The highest BCUT2D eigenvalue weighted by atomic mass is 32.2. The van der Waals surface area contributed by atoms with Gasteiger partial charge in [-0.25, -0.2) is 0 Å². The van der Waals surface area contributed by atoms with Gasteiger partial charge in [0, 0.05) is 43.6 Å². The summed E-state index contributed by atoms with van der Waals surface area (Å²) in [5, 5.41) is 0. The van der Waals surface area contributed by atoms with Crippen LogP contribution in [0.4, 0.5) is 0 Å². The van der Waals surface area contributed by atoms with E-state index in [0.717, 1.165) is 24.6 Å². The van der Waals surface area contributed by atoms with Gasteiger partial charge in [0.25, 0.3) is 0 Å². The van der Waals surface area contributed by atoms with Crippen LogP contribution in [0.1, 0.15) is 6.42 Å². The van der Waals surface area contributed by atoms with Gasteiger partial charge in [-0.2, -0.15) is 11.8 Å². The van der Waals surface area contributed by atoms with Crippen molar-refractivity contribution in [1.29, 1.82) is 0 Å². The van der Waals surface area contributed by atoms with Crippen LogP contribution < -0.4 is 11.5 Å². The summed E-state index contributed by atoms with van der Waals surface area (Å²) in [7, 11) is 0. The molecule has 1 fully saturated rings. The second-order valence-electron chi connectivity index (χ2n) is 3.21. The fourth-order valence-electron chi connectivity index (χ4n) is 1.54. The standard InChI is InChI=1S/C8H17N3OS/c9-6-7(5-8(10)12)11-1-3-13-4-2-11/h7H,1-6,9H2,(H2,10,12). The largest absolute Gasteiger partial charge is 0.370 e. The third kappa shape index (κ3) is 3.54. The zero-order valence-electron chi connectivity index (χ0n) is 7.74. The SMILES string of the molecule is NCC(CC(N)=O)N1CCSCC1. The van der Waals surface area contributed by atoms with Gasteiger partial charge in [-0.1, -0.05) is 0 Å². The summed E-state index contributed by atoms with van der Waals surface area (Å²) in [6, 6.07) is 0.151. The van der Waals surface area contributed by atoms with Crippen LogP contribution in [0.15, 0.2) is 0 Å². The molecule has 0 aliphatic carbocycles. The Morgan fingerprint density at radius 3 is 2.54 bits per heavy atom. The lowest BCUT2D eigenvalue weighted by molar-refractivity contribution is -0.119. The predicted molar refractivity (Wildman–Crippen MR) is 55.6 cm³/mol. The van der Waals surface area contributed by atoms with Crippen LogP contribution >= 0.6 is 11.8 Å². The molecule has 4 nitrogen and oxygen atoms in total. The third-order valence-corrected chi connectivity index (χ3v) is 3.21. The minimum atomic E-state index is -0.256. The van der Waals surface area contributed by atoms with Crippen molar-refractivity contribution in [3.63, 3.8) is 0 Å². The number of nitrogens with two attached hydrogens (primary N) is 2. The summed E-state index contributed by atoms with van der Waals surface area (Å²) in [4.78, 5) is 13.0. The first-order valence-corrected chi connectivity index (χ1v) is 5.69. The molecule has 0 aromatic carbocycles. The fourth-order valence-corrected chi connectivity index (χ4v) is 2.47. The normalized spacial score (nSPS) is 21.3. The Bertz CT molecular complexity index is 171. The Kier molecular flexibility index (Phi) is 4.55. The van der Waals surface area contributed by atoms with Crippen molar-refractivity contribution in [3.05, 3.63) is 0 Å². The maximum Gasteiger partial charge on any atom is 0.219 e. The van der Waals surface area contributed by atoms with E-state index in [1.165, 1.54) is 0 Å². The molecule has 1 heterocycles. The average molecular weight is 203 g/mol. The number of thioether (sulfide) groups is 1. The van der Waals surface area contributed by atoms with Crippen molar-refractivity contribution in [1.82, 2.24) is 4.90 Å². The van der Waals surface area contributed by atoms with E-state index < -0.39 is 0 Å². The molecule has 1 amide bonds. The zero-order valence-corrected chi connectivity index (χ0v) is 8.55. The first kappa shape index (κ1) is 10.8. The first-order valence-electron chi connectivity index (χ1n) is 4.54. The summed E-state index contributed by atoms with van der Waals surface area (Å²) >= 11 is 1.95. The molecule has 1 atom stereocenters. The molecule has 1 aliphatic heterocycles. The zero-order chi connectivity index (χ0) is 9.68. The molecule has 0 bridgehead atoms. The second-order valence-corrected chi connectivity index (χ2v) is 4.43. The van der Waals surface area contributed by atoms with Gasteiger partial charge in [-0.3, -0.25) is 9.69 Å². The summed E-state index contributed by atoms with van der Waals surface area (Å²) in [6.07, 6.45) is 0.390. The number of rotatable bonds is 4. The summed E-state index contributed by atoms with van der Waals surface area (Å²) in [5.41, 5.74) is 10.7. The summed E-state index contributed by atoms with van der Waals surface area (Å²) in [5.74, 6) is 2.01. The quantitative estimate of drug-likeness (QED) is 0.630. The van der Waals surface area contributed by atoms with Crippen molar-refractivity contribution >= 4 is 17.7 Å². The maximum atomic E-state index is 10.7. The molecule has 0 radical (unpaired) electrons.